The van der Waals surface area contributed by atoms with Gasteiger partial charge in [0, 0.05) is 19.1 Å². The topological polar surface area (TPSA) is 129 Å². The lowest BCUT2D eigenvalue weighted by Crippen LogP contribution is -2.23. The molecule has 150 valence electrons. The SMILES string of the molecule is O=C1NC(=O)/C(=C\c2cc(OCCCOC3CCCCO3)ccc2[N+](=O)[O-])N1. The number of hydrogen-bond donors (Lipinski definition) is 2. The first-order valence-electron chi connectivity index (χ1n) is 9.01. The fraction of sp³-hybridized carbons (Fsp3) is 0.444. The molecule has 10 heteroatoms. The van der Waals surface area contributed by atoms with Crippen molar-refractivity contribution in [2.75, 3.05) is 19.8 Å². The minimum atomic E-state index is -0.673. The molecule has 2 N–H and O–H groups in total. The molecule has 0 aromatic heterocycles. The lowest BCUT2D eigenvalue weighted by molar-refractivity contribution is -0.385. The standard InChI is InChI=1S/C18H21N3O7/c22-17-14(19-18(23)20-17)11-12-10-13(5-6-15(12)21(24)25)26-8-3-9-28-16-4-1-2-7-27-16/h5-6,10-11,16H,1-4,7-9H2,(H2,19,20,22,23)/b14-11+. The van der Waals surface area contributed by atoms with Crippen molar-refractivity contribution in [2.45, 2.75) is 32.0 Å². The first kappa shape index (κ1) is 19.8. The van der Waals surface area contributed by atoms with Crippen LogP contribution in [-0.4, -0.2) is 43.0 Å². The van der Waals surface area contributed by atoms with Gasteiger partial charge in [-0.1, -0.05) is 0 Å². The number of ether oxygens (including phenoxy) is 3. The molecule has 2 saturated heterocycles. The molecule has 1 aromatic carbocycles. The van der Waals surface area contributed by atoms with Gasteiger partial charge in [0.2, 0.25) is 0 Å². The van der Waals surface area contributed by atoms with E-state index in [2.05, 4.69) is 5.32 Å². The highest BCUT2D eigenvalue weighted by Gasteiger charge is 2.24. The van der Waals surface area contributed by atoms with E-state index in [0.29, 0.717) is 25.4 Å². The van der Waals surface area contributed by atoms with Crippen LogP contribution in [0.25, 0.3) is 6.08 Å². The second-order valence-electron chi connectivity index (χ2n) is 6.31. The van der Waals surface area contributed by atoms with Crippen LogP contribution in [0, 0.1) is 10.1 Å². The fourth-order valence-corrected chi connectivity index (χ4v) is 2.85. The largest absolute Gasteiger partial charge is 0.493 e. The number of nitro groups is 1. The summed E-state index contributed by atoms with van der Waals surface area (Å²) in [5.74, 6) is -0.233. The number of rotatable bonds is 8. The highest BCUT2D eigenvalue weighted by Crippen LogP contribution is 2.26. The van der Waals surface area contributed by atoms with E-state index in [1.807, 2.05) is 5.32 Å². The maximum atomic E-state index is 11.6. The number of amides is 3. The van der Waals surface area contributed by atoms with Crippen molar-refractivity contribution in [2.24, 2.45) is 0 Å². The Morgan fingerprint density at radius 2 is 2.11 bits per heavy atom. The van der Waals surface area contributed by atoms with Gasteiger partial charge in [-0.2, -0.15) is 0 Å². The predicted molar refractivity (Wildman–Crippen MR) is 97.4 cm³/mol. The van der Waals surface area contributed by atoms with Crippen molar-refractivity contribution < 1.29 is 28.7 Å². The van der Waals surface area contributed by atoms with Crippen LogP contribution in [0.5, 0.6) is 5.75 Å². The number of nitrogens with zero attached hydrogens (tertiary/aromatic N) is 1. The number of hydrogen-bond acceptors (Lipinski definition) is 7. The normalized spacial score (nSPS) is 20.7. The zero-order chi connectivity index (χ0) is 19.9. The molecular formula is C18H21N3O7. The molecule has 10 nitrogen and oxygen atoms in total. The first-order valence-corrected chi connectivity index (χ1v) is 9.01. The molecule has 2 aliphatic rings. The highest BCUT2D eigenvalue weighted by atomic mass is 16.7. The molecule has 0 aliphatic carbocycles. The number of urea groups is 1. The Kier molecular flexibility index (Phi) is 6.56. The van der Waals surface area contributed by atoms with Crippen LogP contribution in [0.15, 0.2) is 23.9 Å². The van der Waals surface area contributed by atoms with Gasteiger partial charge in [-0.15, -0.1) is 0 Å². The molecule has 2 heterocycles. The van der Waals surface area contributed by atoms with Gasteiger partial charge in [0.1, 0.15) is 11.4 Å². The lowest BCUT2D eigenvalue weighted by Gasteiger charge is -2.22. The average Bonchev–Trinajstić information content (AvgIpc) is 2.99. The van der Waals surface area contributed by atoms with Gasteiger partial charge >= 0.3 is 6.03 Å². The Morgan fingerprint density at radius 1 is 1.25 bits per heavy atom. The molecule has 1 unspecified atom stereocenters. The first-order chi connectivity index (χ1) is 13.5. The van der Waals surface area contributed by atoms with Crippen LogP contribution in [-0.2, 0) is 14.3 Å². The van der Waals surface area contributed by atoms with E-state index < -0.39 is 16.9 Å². The molecule has 0 saturated carbocycles. The van der Waals surface area contributed by atoms with E-state index in [9.17, 15) is 19.7 Å². The fourth-order valence-electron chi connectivity index (χ4n) is 2.85. The summed E-state index contributed by atoms with van der Waals surface area (Å²) in [6.45, 7) is 1.57. The Bertz CT molecular complexity index is 787. The quantitative estimate of drug-likeness (QED) is 0.228. The smallest absolute Gasteiger partial charge is 0.326 e. The molecule has 2 fully saturated rings. The minimum Gasteiger partial charge on any atom is -0.493 e. The summed E-state index contributed by atoms with van der Waals surface area (Å²) < 4.78 is 16.7. The van der Waals surface area contributed by atoms with E-state index in [-0.39, 0.29) is 23.2 Å². The molecule has 3 amide bonds. The van der Waals surface area contributed by atoms with Gasteiger partial charge in [-0.05, 0) is 37.5 Å². The molecule has 2 aliphatic heterocycles. The van der Waals surface area contributed by atoms with E-state index in [0.717, 1.165) is 25.9 Å². The monoisotopic (exact) mass is 391 g/mol. The number of nitrogens with one attached hydrogen (secondary N) is 2. The van der Waals surface area contributed by atoms with Crippen LogP contribution in [0.1, 0.15) is 31.2 Å². The zero-order valence-electron chi connectivity index (χ0n) is 15.1. The van der Waals surface area contributed by atoms with Gasteiger partial charge in [-0.25, -0.2) is 4.79 Å². The maximum absolute atomic E-state index is 11.6. The summed E-state index contributed by atoms with van der Waals surface area (Å²) in [6, 6.07) is 3.56. The van der Waals surface area contributed by atoms with Gasteiger partial charge in [0.15, 0.2) is 6.29 Å². The number of nitro benzene ring substituents is 1. The molecule has 28 heavy (non-hydrogen) atoms. The van der Waals surface area contributed by atoms with Gasteiger partial charge < -0.3 is 19.5 Å². The maximum Gasteiger partial charge on any atom is 0.326 e. The van der Waals surface area contributed by atoms with Crippen LogP contribution >= 0.6 is 0 Å². The summed E-state index contributed by atoms with van der Waals surface area (Å²) in [5, 5.41) is 15.6. The third-order valence-electron chi connectivity index (χ3n) is 4.21. The van der Waals surface area contributed by atoms with Crippen LogP contribution in [0.3, 0.4) is 0 Å². The van der Waals surface area contributed by atoms with Crippen molar-refractivity contribution in [1.82, 2.24) is 10.6 Å². The van der Waals surface area contributed by atoms with Gasteiger partial charge in [-0.3, -0.25) is 20.2 Å². The molecular weight excluding hydrogens is 370 g/mol. The van der Waals surface area contributed by atoms with Crippen LogP contribution < -0.4 is 15.4 Å². The summed E-state index contributed by atoms with van der Waals surface area (Å²) >= 11 is 0. The van der Waals surface area contributed by atoms with Crippen LogP contribution in [0.2, 0.25) is 0 Å². The second kappa shape index (κ2) is 9.29. The Hall–Kier alpha value is -2.98. The lowest BCUT2D eigenvalue weighted by atomic mass is 10.1. The van der Waals surface area contributed by atoms with Crippen molar-refractivity contribution in [1.29, 1.82) is 0 Å². The molecule has 3 rings (SSSR count). The number of imide groups is 1. The van der Waals surface area contributed by atoms with E-state index in [4.69, 9.17) is 14.2 Å². The molecule has 1 aromatic rings. The van der Waals surface area contributed by atoms with E-state index in [1.165, 1.54) is 24.3 Å². The zero-order valence-corrected chi connectivity index (χ0v) is 15.1. The Morgan fingerprint density at radius 3 is 2.79 bits per heavy atom. The summed E-state index contributed by atoms with van der Waals surface area (Å²) in [7, 11) is 0. The van der Waals surface area contributed by atoms with E-state index in [1.54, 1.807) is 0 Å². The van der Waals surface area contributed by atoms with Crippen molar-refractivity contribution in [3.63, 3.8) is 0 Å². The summed E-state index contributed by atoms with van der Waals surface area (Å²) in [5.41, 5.74) is -0.112. The van der Waals surface area contributed by atoms with Crippen molar-refractivity contribution in [3.05, 3.63) is 39.6 Å². The molecule has 1 atom stereocenters. The second-order valence-corrected chi connectivity index (χ2v) is 6.31. The number of benzene rings is 1. The van der Waals surface area contributed by atoms with Crippen molar-refractivity contribution >= 4 is 23.7 Å². The van der Waals surface area contributed by atoms with Gasteiger partial charge in [0.05, 0.1) is 23.7 Å². The van der Waals surface area contributed by atoms with Crippen molar-refractivity contribution in [3.8, 4) is 5.75 Å². The highest BCUT2D eigenvalue weighted by molar-refractivity contribution is 6.14. The van der Waals surface area contributed by atoms with Gasteiger partial charge in [0.25, 0.3) is 11.6 Å². The summed E-state index contributed by atoms with van der Waals surface area (Å²) in [4.78, 5) is 33.5. The summed E-state index contributed by atoms with van der Waals surface area (Å²) in [6.07, 6.45) is 4.78. The third-order valence-corrected chi connectivity index (χ3v) is 4.21. The molecule has 0 bridgehead atoms. The Labute approximate surface area is 161 Å². The Balaban J connectivity index is 1.58. The third kappa shape index (κ3) is 5.27. The van der Waals surface area contributed by atoms with E-state index >= 15 is 0 Å². The molecule has 0 radical (unpaired) electrons. The number of carbonyl (C=O) groups excluding carboxylic acids is 2. The number of carbonyl (C=O) groups is 2. The minimum absolute atomic E-state index is 0.0638. The van der Waals surface area contributed by atoms with Crippen LogP contribution in [0.4, 0.5) is 10.5 Å². The predicted octanol–water partition coefficient (Wildman–Crippen LogP) is 2.09. The molecule has 0 spiro atoms. The average molecular weight is 391 g/mol.